The average Bonchev–Trinajstić information content (AvgIpc) is 2.58. The van der Waals surface area contributed by atoms with Gasteiger partial charge < -0.3 is 9.84 Å². The molecule has 0 radical (unpaired) electrons. The third-order valence-electron chi connectivity index (χ3n) is 2.86. The molecule has 16 heavy (non-hydrogen) atoms. The summed E-state index contributed by atoms with van der Waals surface area (Å²) in [5.41, 5.74) is -2.13. The molecule has 0 bridgehead atoms. The van der Waals surface area contributed by atoms with Crippen LogP contribution in [0.15, 0.2) is 0 Å². The second-order valence-corrected chi connectivity index (χ2v) is 3.87. The molecule has 0 aromatic heterocycles. The Balaban J connectivity index is 2.58. The van der Waals surface area contributed by atoms with Crippen LogP contribution in [0.2, 0.25) is 0 Å². The number of alkyl halides is 3. The van der Waals surface area contributed by atoms with Gasteiger partial charge in [-0.25, -0.2) is 0 Å². The molecule has 1 atom stereocenters. The van der Waals surface area contributed by atoms with Gasteiger partial charge in [0.05, 0.1) is 6.42 Å². The van der Waals surface area contributed by atoms with E-state index in [1.165, 1.54) is 4.90 Å². The first-order valence-electron chi connectivity index (χ1n) is 4.87. The van der Waals surface area contributed by atoms with E-state index in [1.54, 1.807) is 0 Å². The molecule has 1 fully saturated rings. The fourth-order valence-electron chi connectivity index (χ4n) is 1.82. The molecule has 1 N–H and O–H groups in total. The monoisotopic (exact) mass is 241 g/mol. The summed E-state index contributed by atoms with van der Waals surface area (Å²) < 4.78 is 42.7. The Labute approximate surface area is 91.0 Å². The number of nitrogens with zero attached hydrogens (tertiary/aromatic N) is 1. The van der Waals surface area contributed by atoms with Gasteiger partial charge in [-0.1, -0.05) is 0 Å². The van der Waals surface area contributed by atoms with E-state index < -0.39 is 17.7 Å². The number of ether oxygens (including phenoxy) is 1. The fourth-order valence-corrected chi connectivity index (χ4v) is 1.82. The molecule has 4 nitrogen and oxygen atoms in total. The molecule has 1 aliphatic heterocycles. The number of carbonyl (C=O) groups is 1. The van der Waals surface area contributed by atoms with Crippen molar-refractivity contribution in [3.05, 3.63) is 0 Å². The number of methoxy groups -OCH3 is 1. The third-order valence-corrected chi connectivity index (χ3v) is 2.86. The lowest BCUT2D eigenvalue weighted by atomic mass is 10.0. The summed E-state index contributed by atoms with van der Waals surface area (Å²) in [6.45, 7) is 0.0391. The zero-order valence-corrected chi connectivity index (χ0v) is 8.88. The first-order valence-corrected chi connectivity index (χ1v) is 4.87. The van der Waals surface area contributed by atoms with Crippen molar-refractivity contribution in [3.8, 4) is 0 Å². The normalized spacial score (nSPS) is 27.2. The van der Waals surface area contributed by atoms with Crippen LogP contribution in [0.1, 0.15) is 12.8 Å². The van der Waals surface area contributed by atoms with Crippen LogP contribution in [0.25, 0.3) is 0 Å². The molecule has 7 heteroatoms. The molecule has 0 saturated carbocycles. The van der Waals surface area contributed by atoms with Crippen LogP contribution in [0.3, 0.4) is 0 Å². The quantitative estimate of drug-likeness (QED) is 0.801. The van der Waals surface area contributed by atoms with Gasteiger partial charge in [-0.3, -0.25) is 9.69 Å². The Morgan fingerprint density at radius 2 is 2.19 bits per heavy atom. The summed E-state index contributed by atoms with van der Waals surface area (Å²) in [4.78, 5) is 11.8. The number of halogens is 3. The van der Waals surface area contributed by atoms with Gasteiger partial charge >= 0.3 is 12.1 Å². The van der Waals surface area contributed by atoms with Gasteiger partial charge in [-0.15, -0.1) is 0 Å². The summed E-state index contributed by atoms with van der Waals surface area (Å²) in [5.74, 6) is -1.01. The number of carboxylic acids is 1. The van der Waals surface area contributed by atoms with Gasteiger partial charge in [0.1, 0.15) is 0 Å². The number of hydrogen-bond donors (Lipinski definition) is 1. The fraction of sp³-hybridized carbons (Fsp3) is 0.889. The smallest absolute Gasteiger partial charge is 0.418 e. The van der Waals surface area contributed by atoms with Crippen LogP contribution >= 0.6 is 0 Å². The molecule has 0 aromatic carbocycles. The predicted octanol–water partition coefficient (Wildman–Crippen LogP) is 1.11. The summed E-state index contributed by atoms with van der Waals surface area (Å²) >= 11 is 0. The first-order chi connectivity index (χ1) is 7.31. The number of rotatable bonds is 4. The van der Waals surface area contributed by atoms with Crippen molar-refractivity contribution in [2.75, 3.05) is 26.7 Å². The molecule has 0 amide bonds. The van der Waals surface area contributed by atoms with Crippen molar-refractivity contribution in [2.45, 2.75) is 24.6 Å². The van der Waals surface area contributed by atoms with Crippen molar-refractivity contribution < 1.29 is 27.8 Å². The van der Waals surface area contributed by atoms with Gasteiger partial charge in [-0.05, 0) is 6.42 Å². The second kappa shape index (κ2) is 4.58. The highest BCUT2D eigenvalue weighted by Crippen LogP contribution is 2.40. The van der Waals surface area contributed by atoms with Crippen LogP contribution in [0.5, 0.6) is 0 Å². The maximum absolute atomic E-state index is 12.7. The topological polar surface area (TPSA) is 49.8 Å². The Kier molecular flexibility index (Phi) is 3.80. The molecular formula is C9H14F3NO3. The van der Waals surface area contributed by atoms with Gasteiger partial charge in [0.25, 0.3) is 0 Å². The third kappa shape index (κ3) is 2.65. The standard InChI is InChI=1S/C9H14F3NO3/c1-16-8(9(10,11)12)3-5-13(6-8)4-2-7(14)15/h2-6H2,1H3,(H,14,15)/t8-/m1/s1. The maximum Gasteiger partial charge on any atom is 0.418 e. The summed E-state index contributed by atoms with van der Waals surface area (Å²) in [7, 11) is 1.04. The van der Waals surface area contributed by atoms with E-state index in [1.807, 2.05) is 0 Å². The van der Waals surface area contributed by atoms with Gasteiger partial charge in [0, 0.05) is 26.7 Å². The molecule has 1 aliphatic rings. The SMILES string of the molecule is CO[C@]1(C(F)(F)F)CCN(CCC(=O)O)C1. The van der Waals surface area contributed by atoms with E-state index in [0.717, 1.165) is 7.11 Å². The Morgan fingerprint density at radius 3 is 2.56 bits per heavy atom. The van der Waals surface area contributed by atoms with Crippen molar-refractivity contribution in [1.82, 2.24) is 4.90 Å². The minimum absolute atomic E-state index is 0.122. The summed E-state index contributed by atoms with van der Waals surface area (Å²) in [5, 5.41) is 8.44. The molecule has 94 valence electrons. The van der Waals surface area contributed by atoms with Crippen LogP contribution < -0.4 is 0 Å². The van der Waals surface area contributed by atoms with Gasteiger partial charge in [0.2, 0.25) is 0 Å². The highest BCUT2D eigenvalue weighted by Gasteiger charge is 2.58. The van der Waals surface area contributed by atoms with Crippen molar-refractivity contribution in [2.24, 2.45) is 0 Å². The van der Waals surface area contributed by atoms with E-state index >= 15 is 0 Å². The lowest BCUT2D eigenvalue weighted by Crippen LogP contribution is -2.49. The van der Waals surface area contributed by atoms with Crippen molar-refractivity contribution >= 4 is 5.97 Å². The second-order valence-electron chi connectivity index (χ2n) is 3.87. The van der Waals surface area contributed by atoms with E-state index in [0.29, 0.717) is 0 Å². The molecule has 0 aromatic rings. The van der Waals surface area contributed by atoms with E-state index in [2.05, 4.69) is 4.74 Å². The zero-order valence-electron chi connectivity index (χ0n) is 8.88. The van der Waals surface area contributed by atoms with Gasteiger partial charge in [-0.2, -0.15) is 13.2 Å². The number of carboxylic acid groups (broad SMARTS) is 1. The summed E-state index contributed by atoms with van der Waals surface area (Å²) in [6, 6.07) is 0. The van der Waals surface area contributed by atoms with E-state index in [-0.39, 0.29) is 32.5 Å². The molecule has 0 spiro atoms. The van der Waals surface area contributed by atoms with Crippen LogP contribution in [0, 0.1) is 0 Å². The number of aliphatic carboxylic acids is 1. The van der Waals surface area contributed by atoms with E-state index in [9.17, 15) is 18.0 Å². The van der Waals surface area contributed by atoms with Crippen LogP contribution in [-0.2, 0) is 9.53 Å². The predicted molar refractivity (Wildman–Crippen MR) is 49.1 cm³/mol. The molecule has 1 saturated heterocycles. The van der Waals surface area contributed by atoms with Crippen molar-refractivity contribution in [1.29, 1.82) is 0 Å². The Morgan fingerprint density at radius 1 is 1.56 bits per heavy atom. The highest BCUT2D eigenvalue weighted by atomic mass is 19.4. The minimum atomic E-state index is -4.42. The summed E-state index contributed by atoms with van der Waals surface area (Å²) in [6.07, 6.45) is -4.72. The van der Waals surface area contributed by atoms with Crippen LogP contribution in [0.4, 0.5) is 13.2 Å². The van der Waals surface area contributed by atoms with E-state index in [4.69, 9.17) is 5.11 Å². The molecule has 0 unspecified atom stereocenters. The highest BCUT2D eigenvalue weighted by molar-refractivity contribution is 5.66. The molecule has 1 rings (SSSR count). The average molecular weight is 241 g/mol. The molecule has 1 heterocycles. The Hall–Kier alpha value is -0.820. The van der Waals surface area contributed by atoms with Gasteiger partial charge in [0.15, 0.2) is 5.60 Å². The minimum Gasteiger partial charge on any atom is -0.481 e. The first kappa shape index (κ1) is 13.2. The molecule has 0 aliphatic carbocycles. The lowest BCUT2D eigenvalue weighted by Gasteiger charge is -2.30. The lowest BCUT2D eigenvalue weighted by molar-refractivity contribution is -0.263. The number of hydrogen-bond acceptors (Lipinski definition) is 3. The molecular weight excluding hydrogens is 227 g/mol. The maximum atomic E-state index is 12.7. The number of likely N-dealkylation sites (tertiary alicyclic amines) is 1. The Bertz CT molecular complexity index is 269. The van der Waals surface area contributed by atoms with Crippen molar-refractivity contribution in [3.63, 3.8) is 0 Å². The van der Waals surface area contributed by atoms with Crippen LogP contribution in [-0.4, -0.2) is 54.5 Å². The zero-order chi connectivity index (χ0) is 12.4. The largest absolute Gasteiger partial charge is 0.481 e.